The van der Waals surface area contributed by atoms with Crippen LogP contribution in [-0.2, 0) is 24.5 Å². The summed E-state index contributed by atoms with van der Waals surface area (Å²) in [5.74, 6) is -1.40. The van der Waals surface area contributed by atoms with Crippen molar-refractivity contribution in [3.63, 3.8) is 0 Å². The van der Waals surface area contributed by atoms with Gasteiger partial charge < -0.3 is 9.47 Å². The molecule has 1 aliphatic heterocycles. The van der Waals surface area contributed by atoms with Crippen LogP contribution >= 0.6 is 0 Å². The summed E-state index contributed by atoms with van der Waals surface area (Å²) in [5.41, 5.74) is 2.35. The molecule has 3 aliphatic rings. The van der Waals surface area contributed by atoms with Crippen LogP contribution in [0.25, 0.3) is 0 Å². The maximum atomic E-state index is 12.8. The quantitative estimate of drug-likeness (QED) is 0.591. The SMILES string of the molecule is COC(=O)[C@@H]1[C@H]([C@H]2CC2(c2ccccc2)c2ccccc2)C=C[C@@H]2COC(=O)[C@@H]12. The highest BCUT2D eigenvalue weighted by Gasteiger charge is 2.63. The molecule has 1 heterocycles. The van der Waals surface area contributed by atoms with E-state index >= 15 is 0 Å². The van der Waals surface area contributed by atoms with E-state index in [2.05, 4.69) is 60.7 Å². The number of ether oxygens (including phenoxy) is 2. The molecule has 2 aromatic carbocycles. The number of benzene rings is 2. The Balaban J connectivity index is 1.58. The van der Waals surface area contributed by atoms with Crippen LogP contribution < -0.4 is 0 Å². The van der Waals surface area contributed by atoms with Crippen molar-refractivity contribution in [1.29, 1.82) is 0 Å². The number of allylic oxidation sites excluding steroid dienone is 1. The third-order valence-corrected chi connectivity index (χ3v) is 7.06. The Morgan fingerprint density at radius 1 is 1.00 bits per heavy atom. The lowest BCUT2D eigenvalue weighted by Gasteiger charge is -2.33. The highest BCUT2D eigenvalue weighted by Crippen LogP contribution is 2.65. The zero-order valence-electron chi connectivity index (χ0n) is 16.4. The van der Waals surface area contributed by atoms with Gasteiger partial charge in [0.15, 0.2) is 0 Å². The van der Waals surface area contributed by atoms with E-state index in [1.165, 1.54) is 18.2 Å². The predicted molar refractivity (Wildman–Crippen MR) is 108 cm³/mol. The molecule has 29 heavy (non-hydrogen) atoms. The fourth-order valence-corrected chi connectivity index (χ4v) is 5.65. The number of hydrogen-bond acceptors (Lipinski definition) is 4. The number of fused-ring (bicyclic) bond motifs is 1. The van der Waals surface area contributed by atoms with Gasteiger partial charge in [-0.15, -0.1) is 0 Å². The lowest BCUT2D eigenvalue weighted by Crippen LogP contribution is -2.40. The van der Waals surface area contributed by atoms with E-state index in [4.69, 9.17) is 9.47 Å². The fraction of sp³-hybridized carbons (Fsp3) is 0.360. The number of cyclic esters (lactones) is 1. The van der Waals surface area contributed by atoms with Crippen LogP contribution in [0.15, 0.2) is 72.8 Å². The monoisotopic (exact) mass is 388 g/mol. The molecule has 0 N–H and O–H groups in total. The Kier molecular flexibility index (Phi) is 4.30. The van der Waals surface area contributed by atoms with Crippen LogP contribution in [0, 0.1) is 29.6 Å². The Bertz CT molecular complexity index is 910. The van der Waals surface area contributed by atoms with E-state index in [1.54, 1.807) is 0 Å². The van der Waals surface area contributed by atoms with Gasteiger partial charge >= 0.3 is 11.9 Å². The van der Waals surface area contributed by atoms with Gasteiger partial charge in [0.2, 0.25) is 0 Å². The van der Waals surface area contributed by atoms with Gasteiger partial charge in [0.1, 0.15) is 0 Å². The van der Waals surface area contributed by atoms with E-state index in [9.17, 15) is 9.59 Å². The molecule has 5 atom stereocenters. The zero-order valence-corrected chi connectivity index (χ0v) is 16.4. The first-order chi connectivity index (χ1) is 14.2. The van der Waals surface area contributed by atoms with Gasteiger partial charge in [0, 0.05) is 11.3 Å². The van der Waals surface area contributed by atoms with E-state index in [1.807, 2.05) is 12.1 Å². The molecule has 0 radical (unpaired) electrons. The van der Waals surface area contributed by atoms with Crippen molar-refractivity contribution < 1.29 is 19.1 Å². The molecule has 0 unspecified atom stereocenters. The molecule has 1 saturated carbocycles. The summed E-state index contributed by atoms with van der Waals surface area (Å²) in [4.78, 5) is 25.3. The lowest BCUT2D eigenvalue weighted by atomic mass is 9.68. The van der Waals surface area contributed by atoms with E-state index in [-0.39, 0.29) is 35.1 Å². The van der Waals surface area contributed by atoms with Crippen molar-refractivity contribution in [3.8, 4) is 0 Å². The van der Waals surface area contributed by atoms with E-state index < -0.39 is 11.8 Å². The molecule has 0 bridgehead atoms. The smallest absolute Gasteiger partial charge is 0.310 e. The summed E-state index contributed by atoms with van der Waals surface area (Å²) in [6.07, 6.45) is 5.16. The predicted octanol–water partition coefficient (Wildman–Crippen LogP) is 3.76. The lowest BCUT2D eigenvalue weighted by molar-refractivity contribution is -0.156. The summed E-state index contributed by atoms with van der Waals surface area (Å²) in [6, 6.07) is 21.0. The Morgan fingerprint density at radius 2 is 1.62 bits per heavy atom. The zero-order chi connectivity index (χ0) is 20.0. The first-order valence-electron chi connectivity index (χ1n) is 10.2. The maximum Gasteiger partial charge on any atom is 0.310 e. The topological polar surface area (TPSA) is 52.6 Å². The van der Waals surface area contributed by atoms with Gasteiger partial charge in [-0.1, -0.05) is 72.8 Å². The molecule has 4 nitrogen and oxygen atoms in total. The molecule has 2 aliphatic carbocycles. The molecule has 148 valence electrons. The molecule has 2 aromatic rings. The molecule has 0 spiro atoms. The van der Waals surface area contributed by atoms with E-state index in [0.717, 1.165) is 6.42 Å². The molecule has 2 fully saturated rings. The van der Waals surface area contributed by atoms with Gasteiger partial charge in [-0.3, -0.25) is 9.59 Å². The summed E-state index contributed by atoms with van der Waals surface area (Å²) in [5, 5.41) is 0. The van der Waals surface area contributed by atoms with Crippen molar-refractivity contribution >= 4 is 11.9 Å². The second kappa shape index (κ2) is 6.87. The first-order valence-corrected chi connectivity index (χ1v) is 10.2. The number of carbonyl (C=O) groups is 2. The van der Waals surface area contributed by atoms with Crippen LogP contribution in [0.4, 0.5) is 0 Å². The molecule has 1 saturated heterocycles. The Hall–Kier alpha value is -2.88. The minimum Gasteiger partial charge on any atom is -0.469 e. The van der Waals surface area contributed by atoms with Crippen LogP contribution in [0.3, 0.4) is 0 Å². The third-order valence-electron chi connectivity index (χ3n) is 7.06. The number of carbonyl (C=O) groups excluding carboxylic acids is 2. The number of rotatable bonds is 4. The molecular weight excluding hydrogens is 364 g/mol. The minimum absolute atomic E-state index is 0.0375. The maximum absolute atomic E-state index is 12.8. The number of esters is 2. The Labute approximate surface area is 170 Å². The third kappa shape index (κ3) is 2.73. The Morgan fingerprint density at radius 3 is 2.21 bits per heavy atom. The number of methoxy groups -OCH3 is 1. The van der Waals surface area contributed by atoms with Crippen LogP contribution in [-0.4, -0.2) is 25.7 Å². The molecule has 4 heteroatoms. The van der Waals surface area contributed by atoms with Gasteiger partial charge in [-0.25, -0.2) is 0 Å². The second-order valence-electron chi connectivity index (χ2n) is 8.34. The van der Waals surface area contributed by atoms with Gasteiger partial charge in [0.25, 0.3) is 0 Å². The van der Waals surface area contributed by atoms with Crippen molar-refractivity contribution in [2.45, 2.75) is 11.8 Å². The van der Waals surface area contributed by atoms with Crippen LogP contribution in [0.5, 0.6) is 0 Å². The normalized spacial score (nSPS) is 31.6. The first kappa shape index (κ1) is 18.2. The summed E-state index contributed by atoms with van der Waals surface area (Å²) >= 11 is 0. The van der Waals surface area contributed by atoms with Gasteiger partial charge in [-0.05, 0) is 29.4 Å². The van der Waals surface area contributed by atoms with Gasteiger partial charge in [-0.2, -0.15) is 0 Å². The minimum atomic E-state index is -0.496. The van der Waals surface area contributed by atoms with E-state index in [0.29, 0.717) is 6.61 Å². The average Bonchev–Trinajstić information content (AvgIpc) is 3.44. The van der Waals surface area contributed by atoms with Crippen molar-refractivity contribution in [1.82, 2.24) is 0 Å². The average molecular weight is 388 g/mol. The van der Waals surface area contributed by atoms with Crippen molar-refractivity contribution in [2.75, 3.05) is 13.7 Å². The van der Waals surface area contributed by atoms with Crippen molar-refractivity contribution in [3.05, 3.63) is 83.9 Å². The summed E-state index contributed by atoms with van der Waals surface area (Å²) in [6.45, 7) is 0.355. The summed E-state index contributed by atoms with van der Waals surface area (Å²) < 4.78 is 10.4. The fourth-order valence-electron chi connectivity index (χ4n) is 5.65. The molecular formula is C25H24O4. The van der Waals surface area contributed by atoms with Crippen LogP contribution in [0.2, 0.25) is 0 Å². The highest BCUT2D eigenvalue weighted by atomic mass is 16.5. The summed E-state index contributed by atoms with van der Waals surface area (Å²) in [7, 11) is 1.40. The highest BCUT2D eigenvalue weighted by molar-refractivity contribution is 5.85. The molecule has 5 rings (SSSR count). The van der Waals surface area contributed by atoms with Crippen molar-refractivity contribution in [2.24, 2.45) is 29.6 Å². The molecule has 0 amide bonds. The molecule has 0 aromatic heterocycles. The van der Waals surface area contributed by atoms with Crippen LogP contribution in [0.1, 0.15) is 17.5 Å². The van der Waals surface area contributed by atoms with Gasteiger partial charge in [0.05, 0.1) is 25.6 Å². The second-order valence-corrected chi connectivity index (χ2v) is 8.34. The largest absolute Gasteiger partial charge is 0.469 e. The number of hydrogen-bond donors (Lipinski definition) is 0. The standard InChI is InChI=1S/C25H24O4/c1-28-23(26)22-19(13-12-16-15-29-24(27)21(16)22)20-14-25(20,17-8-4-2-5-9-17)18-10-6-3-7-11-18/h2-13,16,19-22H,14-15H2,1H3/t16-,19+,20-,21-,22-/m1/s1.